The minimum absolute atomic E-state index is 0.0522. The molecule has 198 valence electrons. The predicted octanol–water partition coefficient (Wildman–Crippen LogP) is 3.96. The number of unbranched alkanes of at least 4 members (excludes halogenated alkanes) is 8. The summed E-state index contributed by atoms with van der Waals surface area (Å²) >= 11 is 0. The van der Waals surface area contributed by atoms with Crippen LogP contribution in [0.25, 0.3) is 0 Å². The number of carbonyl (C=O) groups excluding carboxylic acids is 3. The van der Waals surface area contributed by atoms with Crippen LogP contribution in [0.1, 0.15) is 110 Å². The van der Waals surface area contributed by atoms with Crippen molar-refractivity contribution >= 4 is 23.7 Å². The summed E-state index contributed by atoms with van der Waals surface area (Å²) < 4.78 is 0. The van der Waals surface area contributed by atoms with Gasteiger partial charge in [-0.25, -0.2) is 4.79 Å². The second-order valence-electron chi connectivity index (χ2n) is 10.5. The molecule has 3 atom stereocenters. The lowest BCUT2D eigenvalue weighted by Crippen LogP contribution is -2.54. The van der Waals surface area contributed by atoms with Gasteiger partial charge in [-0.2, -0.15) is 0 Å². The number of rotatable bonds is 13. The lowest BCUT2D eigenvalue weighted by Gasteiger charge is -2.33. The van der Waals surface area contributed by atoms with E-state index in [1.807, 2.05) is 0 Å². The smallest absolute Gasteiger partial charge is 0.326 e. The standard InChI is InChI=1S/C27H45N3O5/c1-2-3-4-5-6-7-8-9-10-17-24(31)28-18-11-14-21(28)25(32)29-19-12-15-22(29)26(33)30-20-13-16-23(30)27(34)35/h21-23H,2-20H2,1H3,(H,34,35). The molecule has 3 fully saturated rings. The minimum atomic E-state index is -0.976. The molecule has 35 heavy (non-hydrogen) atoms. The van der Waals surface area contributed by atoms with E-state index < -0.39 is 24.1 Å². The summed E-state index contributed by atoms with van der Waals surface area (Å²) in [6.07, 6.45) is 15.1. The molecule has 3 rings (SSSR count). The predicted molar refractivity (Wildman–Crippen MR) is 134 cm³/mol. The van der Waals surface area contributed by atoms with Gasteiger partial charge in [-0.05, 0) is 44.9 Å². The first kappa shape index (κ1) is 27.5. The maximum atomic E-state index is 13.5. The topological polar surface area (TPSA) is 98.2 Å². The van der Waals surface area contributed by atoms with Crippen molar-refractivity contribution in [2.75, 3.05) is 19.6 Å². The highest BCUT2D eigenvalue weighted by Gasteiger charge is 2.45. The van der Waals surface area contributed by atoms with Gasteiger partial charge >= 0.3 is 5.97 Å². The molecule has 3 aliphatic rings. The average molecular weight is 492 g/mol. The van der Waals surface area contributed by atoms with Gasteiger partial charge in [-0.15, -0.1) is 0 Å². The third kappa shape index (κ3) is 7.20. The third-order valence-corrected chi connectivity index (χ3v) is 7.99. The van der Waals surface area contributed by atoms with E-state index in [9.17, 15) is 24.3 Å². The van der Waals surface area contributed by atoms with Crippen LogP contribution in [0, 0.1) is 0 Å². The third-order valence-electron chi connectivity index (χ3n) is 7.99. The summed E-state index contributed by atoms with van der Waals surface area (Å²) in [4.78, 5) is 56.0. The fraction of sp³-hybridized carbons (Fsp3) is 0.852. The van der Waals surface area contributed by atoms with E-state index in [-0.39, 0.29) is 17.7 Å². The Bertz CT molecular complexity index is 742. The highest BCUT2D eigenvalue weighted by molar-refractivity contribution is 5.94. The first-order chi connectivity index (χ1) is 17.0. The van der Waals surface area contributed by atoms with Gasteiger partial charge < -0.3 is 19.8 Å². The fourth-order valence-corrected chi connectivity index (χ4v) is 6.01. The first-order valence-corrected chi connectivity index (χ1v) is 14.1. The number of nitrogens with zero attached hydrogens (tertiary/aromatic N) is 3. The van der Waals surface area contributed by atoms with E-state index in [0.717, 1.165) is 32.1 Å². The Morgan fingerprint density at radius 2 is 1.06 bits per heavy atom. The molecule has 8 heteroatoms. The summed E-state index contributed by atoms with van der Waals surface area (Å²) in [6, 6.07) is -1.87. The first-order valence-electron chi connectivity index (χ1n) is 14.1. The van der Waals surface area contributed by atoms with Crippen LogP contribution in [0.5, 0.6) is 0 Å². The molecule has 3 aliphatic heterocycles. The monoisotopic (exact) mass is 491 g/mol. The second kappa shape index (κ2) is 13.8. The van der Waals surface area contributed by atoms with Crippen LogP contribution < -0.4 is 0 Å². The zero-order valence-electron chi connectivity index (χ0n) is 21.6. The van der Waals surface area contributed by atoms with Gasteiger partial charge in [-0.1, -0.05) is 58.3 Å². The van der Waals surface area contributed by atoms with Crippen molar-refractivity contribution in [2.24, 2.45) is 0 Å². The molecule has 3 heterocycles. The lowest BCUT2D eigenvalue weighted by atomic mass is 10.1. The van der Waals surface area contributed by atoms with Crippen molar-refractivity contribution in [2.45, 2.75) is 128 Å². The number of carboxylic acids is 1. The molecule has 8 nitrogen and oxygen atoms in total. The molecule has 0 saturated carbocycles. The normalized spacial score (nSPS) is 24.4. The van der Waals surface area contributed by atoms with Crippen LogP contribution in [0.2, 0.25) is 0 Å². The molecule has 0 spiro atoms. The fourth-order valence-electron chi connectivity index (χ4n) is 6.01. The maximum absolute atomic E-state index is 13.5. The van der Waals surface area contributed by atoms with Crippen LogP contribution in [-0.4, -0.2) is 81.3 Å². The number of amides is 3. The van der Waals surface area contributed by atoms with E-state index in [0.29, 0.717) is 51.7 Å². The maximum Gasteiger partial charge on any atom is 0.326 e. The van der Waals surface area contributed by atoms with Crippen LogP contribution in [-0.2, 0) is 19.2 Å². The molecular weight excluding hydrogens is 446 g/mol. The summed E-state index contributed by atoms with van der Waals surface area (Å²) in [6.45, 7) is 3.76. The molecule has 0 aromatic heterocycles. The molecule has 0 aromatic rings. The molecule has 3 amide bonds. The van der Waals surface area contributed by atoms with Crippen molar-refractivity contribution in [3.8, 4) is 0 Å². The number of hydrogen-bond acceptors (Lipinski definition) is 4. The van der Waals surface area contributed by atoms with Crippen molar-refractivity contribution in [1.82, 2.24) is 14.7 Å². The molecule has 1 N–H and O–H groups in total. The van der Waals surface area contributed by atoms with Gasteiger partial charge in [0.25, 0.3) is 0 Å². The van der Waals surface area contributed by atoms with Gasteiger partial charge in [0.2, 0.25) is 17.7 Å². The van der Waals surface area contributed by atoms with Gasteiger partial charge in [0, 0.05) is 26.1 Å². The second-order valence-corrected chi connectivity index (χ2v) is 10.5. The molecule has 3 unspecified atom stereocenters. The quantitative estimate of drug-likeness (QED) is 0.393. The van der Waals surface area contributed by atoms with Crippen molar-refractivity contribution < 1.29 is 24.3 Å². The number of hydrogen-bond donors (Lipinski definition) is 1. The molecule has 0 aliphatic carbocycles. The zero-order chi connectivity index (χ0) is 25.2. The molecule has 0 bridgehead atoms. The van der Waals surface area contributed by atoms with E-state index >= 15 is 0 Å². The Morgan fingerprint density at radius 3 is 1.60 bits per heavy atom. The highest BCUT2D eigenvalue weighted by Crippen LogP contribution is 2.29. The Kier molecular flexibility index (Phi) is 10.9. The van der Waals surface area contributed by atoms with Crippen molar-refractivity contribution in [3.05, 3.63) is 0 Å². The number of carbonyl (C=O) groups is 4. The SMILES string of the molecule is CCCCCCCCCCCC(=O)N1CCCC1C(=O)N1CCCC1C(=O)N1CCCC1C(=O)O. The molecular formula is C27H45N3O5. The van der Waals surface area contributed by atoms with Crippen molar-refractivity contribution in [1.29, 1.82) is 0 Å². The average Bonchev–Trinajstić information content (AvgIpc) is 3.61. The Morgan fingerprint density at radius 1 is 0.629 bits per heavy atom. The summed E-state index contributed by atoms with van der Waals surface area (Å²) in [5.74, 6) is -1.30. The summed E-state index contributed by atoms with van der Waals surface area (Å²) in [5, 5.41) is 9.46. The van der Waals surface area contributed by atoms with Gasteiger partial charge in [0.05, 0.1) is 0 Å². The van der Waals surface area contributed by atoms with Crippen LogP contribution in [0.4, 0.5) is 0 Å². The largest absolute Gasteiger partial charge is 0.480 e. The lowest BCUT2D eigenvalue weighted by molar-refractivity contribution is -0.153. The van der Waals surface area contributed by atoms with E-state index in [2.05, 4.69) is 6.92 Å². The Balaban J connectivity index is 1.47. The van der Waals surface area contributed by atoms with E-state index in [4.69, 9.17) is 0 Å². The van der Waals surface area contributed by atoms with Crippen LogP contribution in [0.3, 0.4) is 0 Å². The number of carboxylic acid groups (broad SMARTS) is 1. The van der Waals surface area contributed by atoms with Crippen molar-refractivity contribution in [3.63, 3.8) is 0 Å². The number of likely N-dealkylation sites (tertiary alicyclic amines) is 3. The van der Waals surface area contributed by atoms with Crippen LogP contribution in [0.15, 0.2) is 0 Å². The minimum Gasteiger partial charge on any atom is -0.480 e. The van der Waals surface area contributed by atoms with E-state index in [1.54, 1.807) is 9.80 Å². The van der Waals surface area contributed by atoms with E-state index in [1.165, 1.54) is 43.4 Å². The van der Waals surface area contributed by atoms with Gasteiger partial charge in [0.15, 0.2) is 0 Å². The molecule has 0 radical (unpaired) electrons. The zero-order valence-corrected chi connectivity index (χ0v) is 21.6. The highest BCUT2D eigenvalue weighted by atomic mass is 16.4. The Hall–Kier alpha value is -2.12. The Labute approximate surface area is 210 Å². The van der Waals surface area contributed by atoms with Gasteiger partial charge in [-0.3, -0.25) is 14.4 Å². The number of aliphatic carboxylic acids is 1. The summed E-state index contributed by atoms with van der Waals surface area (Å²) in [7, 11) is 0. The molecule has 0 aromatic carbocycles. The summed E-state index contributed by atoms with van der Waals surface area (Å²) in [5.41, 5.74) is 0. The molecule has 3 saturated heterocycles. The van der Waals surface area contributed by atoms with Gasteiger partial charge in [0.1, 0.15) is 18.1 Å². The van der Waals surface area contributed by atoms with Crippen LogP contribution >= 0.6 is 0 Å².